The quantitative estimate of drug-likeness (QED) is 0.228. The molecule has 2 heterocycles. The van der Waals surface area contributed by atoms with Gasteiger partial charge in [0.05, 0.1) is 16.8 Å². The third-order valence-corrected chi connectivity index (χ3v) is 6.41. The molecular formula is C22H19BrClN4O4S+. The van der Waals surface area contributed by atoms with Crippen molar-refractivity contribution in [3.63, 3.8) is 0 Å². The molecule has 1 aromatic heterocycles. The number of hydrogen-bond acceptors (Lipinski definition) is 6. The molecule has 11 heteroatoms. The minimum absolute atomic E-state index is 0.217. The van der Waals surface area contributed by atoms with Crippen LogP contribution in [0.4, 0.5) is 5.69 Å². The molecule has 0 saturated carbocycles. The number of nitrogens with one attached hydrogen (secondary N) is 1. The van der Waals surface area contributed by atoms with Crippen LogP contribution in [0.1, 0.15) is 32.5 Å². The van der Waals surface area contributed by atoms with Crippen molar-refractivity contribution in [2.45, 2.75) is 32.1 Å². The third kappa shape index (κ3) is 4.42. The summed E-state index contributed by atoms with van der Waals surface area (Å²) in [6.07, 6.45) is -0.919. The minimum Gasteiger partial charge on any atom is -0.426 e. The molecule has 0 radical (unpaired) electrons. The van der Waals surface area contributed by atoms with Crippen LogP contribution >= 0.6 is 39.3 Å². The van der Waals surface area contributed by atoms with Gasteiger partial charge < -0.3 is 4.74 Å². The molecule has 8 nitrogen and oxygen atoms in total. The molecule has 1 unspecified atom stereocenters. The van der Waals surface area contributed by atoms with E-state index < -0.39 is 12.1 Å². The van der Waals surface area contributed by atoms with E-state index in [0.29, 0.717) is 32.7 Å². The van der Waals surface area contributed by atoms with Crippen molar-refractivity contribution in [2.75, 3.05) is 10.7 Å². The number of anilines is 1. The lowest BCUT2D eigenvalue weighted by molar-refractivity contribution is -0.763. The zero-order valence-electron chi connectivity index (χ0n) is 17.9. The summed E-state index contributed by atoms with van der Waals surface area (Å²) in [5, 5.41) is 5.44. The number of benzene rings is 2. The summed E-state index contributed by atoms with van der Waals surface area (Å²) in [6, 6.07) is 10.1. The predicted octanol–water partition coefficient (Wildman–Crippen LogP) is 4.09. The standard InChI is InChI=1S/C22H18BrClN4O4S/c1-4-33-22-25-20(31)19-15-9-13(23)5-7-17(15)27(11(2)29)21(28(19)26-22)16-10-14(24)6-8-18(16)32-12(3)30/h5-10,21H,4H2,1-3H3/p+1. The fraction of sp³-hybridized carbons (Fsp3) is 0.227. The first-order valence-corrected chi connectivity index (χ1v) is 12.1. The van der Waals surface area contributed by atoms with Crippen molar-refractivity contribution in [2.24, 2.45) is 0 Å². The summed E-state index contributed by atoms with van der Waals surface area (Å²) < 4.78 is 7.67. The highest BCUT2D eigenvalue weighted by atomic mass is 79.9. The second-order valence-electron chi connectivity index (χ2n) is 7.19. The predicted molar refractivity (Wildman–Crippen MR) is 129 cm³/mol. The second-order valence-corrected chi connectivity index (χ2v) is 9.79. The molecule has 1 N–H and O–H groups in total. The van der Waals surface area contributed by atoms with E-state index in [1.165, 1.54) is 35.2 Å². The molecule has 33 heavy (non-hydrogen) atoms. The fourth-order valence-corrected chi connectivity index (χ4v) is 4.91. The van der Waals surface area contributed by atoms with Gasteiger partial charge >= 0.3 is 17.2 Å². The Balaban J connectivity index is 2.11. The van der Waals surface area contributed by atoms with Gasteiger partial charge in [0.2, 0.25) is 11.1 Å². The van der Waals surface area contributed by atoms with Gasteiger partial charge in [0.1, 0.15) is 5.75 Å². The Labute approximate surface area is 207 Å². The Morgan fingerprint density at radius 1 is 1.27 bits per heavy atom. The Morgan fingerprint density at radius 3 is 2.70 bits per heavy atom. The van der Waals surface area contributed by atoms with Crippen LogP contribution < -0.4 is 19.9 Å². The Bertz CT molecular complexity index is 1350. The number of fused-ring (bicyclic) bond motifs is 3. The Hall–Kier alpha value is -2.69. The summed E-state index contributed by atoms with van der Waals surface area (Å²) in [6.45, 7) is 4.65. The smallest absolute Gasteiger partial charge is 0.325 e. The number of amides is 1. The van der Waals surface area contributed by atoms with Crippen LogP contribution in [-0.2, 0) is 9.59 Å². The molecule has 170 valence electrons. The second kappa shape index (κ2) is 9.28. The molecule has 0 fully saturated rings. The van der Waals surface area contributed by atoms with E-state index in [1.54, 1.807) is 36.4 Å². The molecule has 0 spiro atoms. The maximum absolute atomic E-state index is 13.3. The molecule has 1 amide bonds. The number of aromatic nitrogens is 3. The first-order chi connectivity index (χ1) is 15.7. The van der Waals surface area contributed by atoms with Gasteiger partial charge in [-0.05, 0) is 46.8 Å². The van der Waals surface area contributed by atoms with Crippen LogP contribution in [0.15, 0.2) is 50.8 Å². The summed E-state index contributed by atoms with van der Waals surface area (Å²) in [7, 11) is 0. The third-order valence-electron chi connectivity index (χ3n) is 4.94. The number of halogens is 2. The molecule has 0 aliphatic carbocycles. The molecular weight excluding hydrogens is 532 g/mol. The summed E-state index contributed by atoms with van der Waals surface area (Å²) in [5.41, 5.74) is 1.38. The lowest BCUT2D eigenvalue weighted by atomic mass is 10.0. The van der Waals surface area contributed by atoms with Crippen LogP contribution in [-0.4, -0.2) is 27.7 Å². The van der Waals surface area contributed by atoms with Gasteiger partial charge in [-0.1, -0.05) is 46.2 Å². The number of H-pyrrole nitrogens is 1. The van der Waals surface area contributed by atoms with Crippen molar-refractivity contribution in [1.82, 2.24) is 10.1 Å². The average Bonchev–Trinajstić information content (AvgIpc) is 2.73. The highest BCUT2D eigenvalue weighted by molar-refractivity contribution is 9.10. The molecule has 1 aliphatic heterocycles. The van der Waals surface area contributed by atoms with E-state index in [2.05, 4.69) is 26.0 Å². The number of rotatable bonds is 4. The normalized spacial score (nSPS) is 14.5. The highest BCUT2D eigenvalue weighted by Gasteiger charge is 2.46. The van der Waals surface area contributed by atoms with Gasteiger partial charge in [0.25, 0.3) is 6.17 Å². The average molecular weight is 551 g/mol. The van der Waals surface area contributed by atoms with E-state index in [1.807, 2.05) is 6.92 Å². The SMILES string of the molecule is CCSc1n[n+]2c(c(=O)[nH]1)-c1cc(Br)ccc1N(C(C)=O)C2c1cc(Cl)ccc1OC(C)=O. The van der Waals surface area contributed by atoms with Crippen molar-refractivity contribution < 1.29 is 19.0 Å². The van der Waals surface area contributed by atoms with Gasteiger partial charge in [0, 0.05) is 28.4 Å². The lowest BCUT2D eigenvalue weighted by Crippen LogP contribution is -2.60. The van der Waals surface area contributed by atoms with Crippen LogP contribution in [0.25, 0.3) is 11.3 Å². The van der Waals surface area contributed by atoms with E-state index >= 15 is 0 Å². The molecule has 0 saturated heterocycles. The molecule has 1 aliphatic rings. The van der Waals surface area contributed by atoms with E-state index in [-0.39, 0.29) is 22.9 Å². The zero-order chi connectivity index (χ0) is 23.9. The first-order valence-electron chi connectivity index (χ1n) is 9.97. The molecule has 3 aromatic rings. The van der Waals surface area contributed by atoms with E-state index in [4.69, 9.17) is 16.3 Å². The summed E-state index contributed by atoms with van der Waals surface area (Å²) in [5.74, 6) is 0.0806. The van der Waals surface area contributed by atoms with Crippen LogP contribution in [0, 0.1) is 0 Å². The number of aromatic amines is 1. The largest absolute Gasteiger partial charge is 0.426 e. The summed E-state index contributed by atoms with van der Waals surface area (Å²) >= 11 is 11.1. The molecule has 0 bridgehead atoms. The number of esters is 1. The number of nitrogens with zero attached hydrogens (tertiary/aromatic N) is 3. The van der Waals surface area contributed by atoms with Gasteiger partial charge in [-0.25, -0.2) is 4.90 Å². The molecule has 4 rings (SSSR count). The number of thioether (sulfide) groups is 1. The monoisotopic (exact) mass is 549 g/mol. The van der Waals surface area contributed by atoms with Gasteiger partial charge in [0.15, 0.2) is 0 Å². The number of carbonyl (C=O) groups excluding carboxylic acids is 2. The van der Waals surface area contributed by atoms with Gasteiger partial charge in [-0.3, -0.25) is 19.4 Å². The van der Waals surface area contributed by atoms with Crippen LogP contribution in [0.3, 0.4) is 0 Å². The van der Waals surface area contributed by atoms with Crippen molar-refractivity contribution in [3.05, 3.63) is 61.8 Å². The maximum Gasteiger partial charge on any atom is 0.325 e. The lowest BCUT2D eigenvalue weighted by Gasteiger charge is -2.32. The van der Waals surface area contributed by atoms with E-state index in [9.17, 15) is 14.4 Å². The van der Waals surface area contributed by atoms with E-state index in [0.717, 1.165) is 4.47 Å². The van der Waals surface area contributed by atoms with Crippen LogP contribution in [0.2, 0.25) is 5.02 Å². The zero-order valence-corrected chi connectivity index (χ0v) is 21.0. The van der Waals surface area contributed by atoms with Crippen molar-refractivity contribution in [3.8, 4) is 17.0 Å². The highest BCUT2D eigenvalue weighted by Crippen LogP contribution is 2.41. The first kappa shape index (κ1) is 23.5. The van der Waals surface area contributed by atoms with Gasteiger partial charge in [-0.2, -0.15) is 0 Å². The Kier molecular flexibility index (Phi) is 6.60. The fourth-order valence-electron chi connectivity index (χ4n) is 3.79. The summed E-state index contributed by atoms with van der Waals surface area (Å²) in [4.78, 5) is 42.4. The number of ether oxygens (including phenoxy) is 1. The number of carbonyl (C=O) groups is 2. The van der Waals surface area contributed by atoms with Crippen molar-refractivity contribution >= 4 is 56.9 Å². The number of hydrogen-bond donors (Lipinski definition) is 1. The Morgan fingerprint density at radius 2 is 2.03 bits per heavy atom. The van der Waals surface area contributed by atoms with Crippen LogP contribution in [0.5, 0.6) is 5.75 Å². The maximum atomic E-state index is 13.3. The van der Waals surface area contributed by atoms with Gasteiger partial charge in [-0.15, -0.1) is 0 Å². The van der Waals surface area contributed by atoms with Crippen molar-refractivity contribution in [1.29, 1.82) is 0 Å². The topological polar surface area (TPSA) is 96.2 Å². The molecule has 2 aromatic carbocycles. The molecule has 1 atom stereocenters. The minimum atomic E-state index is -0.919.